The Morgan fingerprint density at radius 2 is 2.08 bits per heavy atom. The summed E-state index contributed by atoms with van der Waals surface area (Å²) in [6.07, 6.45) is 6.63. The standard InChI is InChI=1S/C18H25N5OS/c1-13-20-15(12-25-13)11-23-6-4-18(5-7-23)16(8-17(24)22(18)3)14-9-19-21(2)10-14/h9-10,12,16H,4-8,11H2,1-3H3. The lowest BCUT2D eigenvalue weighted by molar-refractivity contribution is -0.130. The van der Waals surface area contributed by atoms with Gasteiger partial charge in [0.1, 0.15) is 0 Å². The van der Waals surface area contributed by atoms with Crippen LogP contribution in [-0.2, 0) is 18.4 Å². The van der Waals surface area contributed by atoms with Crippen LogP contribution in [0.3, 0.4) is 0 Å². The number of rotatable bonds is 3. The molecule has 2 aliphatic heterocycles. The fourth-order valence-corrected chi connectivity index (χ4v) is 5.13. The van der Waals surface area contributed by atoms with Crippen molar-refractivity contribution in [3.63, 3.8) is 0 Å². The van der Waals surface area contributed by atoms with Crippen LogP contribution in [-0.4, -0.2) is 56.1 Å². The van der Waals surface area contributed by atoms with Crippen LogP contribution in [0.4, 0.5) is 0 Å². The van der Waals surface area contributed by atoms with Crippen LogP contribution in [0, 0.1) is 6.92 Å². The molecule has 2 aromatic rings. The summed E-state index contributed by atoms with van der Waals surface area (Å²) < 4.78 is 1.84. The summed E-state index contributed by atoms with van der Waals surface area (Å²) in [7, 11) is 3.92. The number of thiazole rings is 1. The van der Waals surface area contributed by atoms with Gasteiger partial charge in [0.05, 0.1) is 22.4 Å². The summed E-state index contributed by atoms with van der Waals surface area (Å²) in [5.74, 6) is 0.514. The average molecular weight is 359 g/mol. The molecule has 7 heteroatoms. The van der Waals surface area contributed by atoms with Gasteiger partial charge in [-0.05, 0) is 25.3 Å². The molecule has 0 aromatic carbocycles. The van der Waals surface area contributed by atoms with E-state index < -0.39 is 0 Å². The van der Waals surface area contributed by atoms with Crippen LogP contribution >= 0.6 is 11.3 Å². The lowest BCUT2D eigenvalue weighted by Crippen LogP contribution is -2.53. The van der Waals surface area contributed by atoms with E-state index in [9.17, 15) is 4.79 Å². The second-order valence-electron chi connectivity index (χ2n) is 7.39. The zero-order chi connectivity index (χ0) is 17.6. The van der Waals surface area contributed by atoms with Gasteiger partial charge in [0.25, 0.3) is 0 Å². The van der Waals surface area contributed by atoms with Crippen molar-refractivity contribution in [3.8, 4) is 0 Å². The van der Waals surface area contributed by atoms with Crippen LogP contribution in [0.1, 0.15) is 41.4 Å². The van der Waals surface area contributed by atoms with Gasteiger partial charge < -0.3 is 4.90 Å². The summed E-state index contributed by atoms with van der Waals surface area (Å²) >= 11 is 1.71. The van der Waals surface area contributed by atoms with Crippen molar-refractivity contribution in [2.24, 2.45) is 7.05 Å². The minimum Gasteiger partial charge on any atom is -0.339 e. The number of nitrogens with zero attached hydrogens (tertiary/aromatic N) is 5. The zero-order valence-corrected chi connectivity index (χ0v) is 15.9. The highest BCUT2D eigenvalue weighted by Crippen LogP contribution is 2.48. The molecular weight excluding hydrogens is 334 g/mol. The molecule has 2 aromatic heterocycles. The first-order valence-corrected chi connectivity index (χ1v) is 9.74. The van der Waals surface area contributed by atoms with Crippen molar-refractivity contribution in [2.75, 3.05) is 20.1 Å². The largest absolute Gasteiger partial charge is 0.339 e. The summed E-state index contributed by atoms with van der Waals surface area (Å²) in [4.78, 5) is 21.6. The number of hydrogen-bond acceptors (Lipinski definition) is 5. The van der Waals surface area contributed by atoms with Crippen molar-refractivity contribution in [1.82, 2.24) is 24.6 Å². The Hall–Kier alpha value is -1.73. The molecule has 134 valence electrons. The predicted octanol–water partition coefficient (Wildman–Crippen LogP) is 2.17. The highest BCUT2D eigenvalue weighted by atomic mass is 32.1. The van der Waals surface area contributed by atoms with E-state index in [1.54, 1.807) is 11.3 Å². The molecule has 0 aliphatic carbocycles. The first-order chi connectivity index (χ1) is 12.0. The minimum atomic E-state index is -0.0609. The van der Waals surface area contributed by atoms with Gasteiger partial charge in [0.15, 0.2) is 0 Å². The van der Waals surface area contributed by atoms with E-state index in [0.29, 0.717) is 6.42 Å². The fraction of sp³-hybridized carbons (Fsp3) is 0.611. The molecule has 2 saturated heterocycles. The Kier molecular flexibility index (Phi) is 4.16. The second-order valence-corrected chi connectivity index (χ2v) is 8.46. The van der Waals surface area contributed by atoms with Crippen molar-refractivity contribution < 1.29 is 4.79 Å². The van der Waals surface area contributed by atoms with Gasteiger partial charge in [0.2, 0.25) is 5.91 Å². The van der Waals surface area contributed by atoms with Crippen molar-refractivity contribution in [1.29, 1.82) is 0 Å². The molecule has 1 atom stereocenters. The maximum absolute atomic E-state index is 12.5. The maximum atomic E-state index is 12.5. The predicted molar refractivity (Wildman–Crippen MR) is 97.4 cm³/mol. The van der Waals surface area contributed by atoms with E-state index in [-0.39, 0.29) is 17.4 Å². The van der Waals surface area contributed by atoms with Crippen LogP contribution in [0.25, 0.3) is 0 Å². The van der Waals surface area contributed by atoms with E-state index >= 15 is 0 Å². The van der Waals surface area contributed by atoms with Gasteiger partial charge in [-0.25, -0.2) is 4.98 Å². The Morgan fingerprint density at radius 1 is 1.32 bits per heavy atom. The molecule has 0 radical (unpaired) electrons. The summed E-state index contributed by atoms with van der Waals surface area (Å²) in [6.45, 7) is 4.97. The smallest absolute Gasteiger partial charge is 0.223 e. The number of likely N-dealkylation sites (tertiary alicyclic amines) is 2. The summed E-state index contributed by atoms with van der Waals surface area (Å²) in [5, 5.41) is 7.61. The van der Waals surface area contributed by atoms with Crippen LogP contribution in [0.2, 0.25) is 0 Å². The van der Waals surface area contributed by atoms with Gasteiger partial charge in [-0.15, -0.1) is 11.3 Å². The fourth-order valence-electron chi connectivity index (χ4n) is 4.52. The van der Waals surface area contributed by atoms with Crippen molar-refractivity contribution in [2.45, 2.75) is 44.2 Å². The molecule has 0 saturated carbocycles. The number of likely N-dealkylation sites (N-methyl/N-ethyl adjacent to an activating group) is 1. The summed E-state index contributed by atoms with van der Waals surface area (Å²) in [6, 6.07) is 0. The first kappa shape index (κ1) is 16.7. The average Bonchev–Trinajstić information content (AvgIpc) is 3.26. The molecule has 6 nitrogen and oxygen atoms in total. The Balaban J connectivity index is 1.51. The molecular formula is C18H25N5OS. The monoisotopic (exact) mass is 359 g/mol. The molecule has 2 fully saturated rings. The van der Waals surface area contributed by atoms with Gasteiger partial charge in [-0.2, -0.15) is 5.10 Å². The maximum Gasteiger partial charge on any atom is 0.223 e. The van der Waals surface area contributed by atoms with Gasteiger partial charge in [-0.3, -0.25) is 14.4 Å². The molecule has 1 unspecified atom stereocenters. The highest BCUT2D eigenvalue weighted by molar-refractivity contribution is 7.09. The van der Waals surface area contributed by atoms with Crippen molar-refractivity contribution >= 4 is 17.2 Å². The van der Waals surface area contributed by atoms with Gasteiger partial charge >= 0.3 is 0 Å². The van der Waals surface area contributed by atoms with Crippen LogP contribution < -0.4 is 0 Å². The zero-order valence-electron chi connectivity index (χ0n) is 15.1. The van der Waals surface area contributed by atoms with E-state index in [2.05, 4.69) is 33.5 Å². The number of carbonyl (C=O) groups excluding carboxylic acids is 1. The SMILES string of the molecule is Cc1nc(CN2CCC3(CC2)C(c2cnn(C)c2)CC(=O)N3C)cs1. The lowest BCUT2D eigenvalue weighted by Gasteiger charge is -2.46. The lowest BCUT2D eigenvalue weighted by atomic mass is 9.74. The molecule has 1 amide bonds. The number of carbonyl (C=O) groups is 1. The molecule has 2 aliphatic rings. The van der Waals surface area contributed by atoms with Crippen LogP contribution in [0.15, 0.2) is 17.8 Å². The Bertz CT molecular complexity index is 774. The van der Waals surface area contributed by atoms with Crippen LogP contribution in [0.5, 0.6) is 0 Å². The number of aromatic nitrogens is 3. The number of aryl methyl sites for hydroxylation is 2. The topological polar surface area (TPSA) is 54.3 Å². The van der Waals surface area contributed by atoms with E-state index in [0.717, 1.165) is 43.2 Å². The molecule has 4 rings (SSSR count). The Labute approximate surface area is 152 Å². The third kappa shape index (κ3) is 2.89. The van der Waals surface area contributed by atoms with Gasteiger partial charge in [-0.1, -0.05) is 0 Å². The van der Waals surface area contributed by atoms with E-state index in [1.165, 1.54) is 5.56 Å². The second kappa shape index (κ2) is 6.21. The molecule has 1 spiro atoms. The quantitative estimate of drug-likeness (QED) is 0.843. The first-order valence-electron chi connectivity index (χ1n) is 8.86. The third-order valence-corrected chi connectivity index (χ3v) is 6.79. The number of piperidine rings is 1. The Morgan fingerprint density at radius 3 is 2.68 bits per heavy atom. The molecule has 4 heterocycles. The summed E-state index contributed by atoms with van der Waals surface area (Å²) in [5.41, 5.74) is 2.30. The third-order valence-electron chi connectivity index (χ3n) is 5.97. The highest BCUT2D eigenvalue weighted by Gasteiger charge is 2.52. The number of hydrogen-bond donors (Lipinski definition) is 0. The normalized spacial score (nSPS) is 23.7. The van der Waals surface area contributed by atoms with E-state index in [4.69, 9.17) is 0 Å². The molecule has 25 heavy (non-hydrogen) atoms. The number of amides is 1. The van der Waals surface area contributed by atoms with Crippen molar-refractivity contribution in [3.05, 3.63) is 34.0 Å². The van der Waals surface area contributed by atoms with E-state index in [1.807, 2.05) is 29.9 Å². The minimum absolute atomic E-state index is 0.0609. The molecule has 0 bridgehead atoms. The molecule has 0 N–H and O–H groups in total. The van der Waals surface area contributed by atoms with Gasteiger partial charge in [0, 0.05) is 57.6 Å².